The molecule has 1 aromatic carbocycles. The summed E-state index contributed by atoms with van der Waals surface area (Å²) in [6.45, 7) is 7.13. The SMILES string of the molecule is CCN(CC(=O)NC(C(=O)O)C(C)C)Cc1ccccc1. The van der Waals surface area contributed by atoms with Crippen LogP contribution in [0, 0.1) is 5.92 Å². The third-order valence-electron chi connectivity index (χ3n) is 3.31. The Kier molecular flexibility index (Phi) is 6.88. The van der Waals surface area contributed by atoms with Gasteiger partial charge < -0.3 is 10.4 Å². The van der Waals surface area contributed by atoms with Crippen molar-refractivity contribution >= 4 is 11.9 Å². The Morgan fingerprint density at radius 1 is 1.24 bits per heavy atom. The van der Waals surface area contributed by atoms with Crippen LogP contribution in [0.3, 0.4) is 0 Å². The van der Waals surface area contributed by atoms with Gasteiger partial charge in [-0.1, -0.05) is 51.1 Å². The maximum atomic E-state index is 12.0. The number of carboxylic acid groups (broad SMARTS) is 1. The molecule has 1 amide bonds. The van der Waals surface area contributed by atoms with Crippen LogP contribution in [0.2, 0.25) is 0 Å². The van der Waals surface area contributed by atoms with E-state index in [4.69, 9.17) is 5.11 Å². The summed E-state index contributed by atoms with van der Waals surface area (Å²) in [5.74, 6) is -1.39. The zero-order chi connectivity index (χ0) is 15.8. The number of rotatable bonds is 8. The minimum Gasteiger partial charge on any atom is -0.480 e. The van der Waals surface area contributed by atoms with Crippen molar-refractivity contribution in [3.63, 3.8) is 0 Å². The van der Waals surface area contributed by atoms with E-state index in [0.29, 0.717) is 6.54 Å². The number of likely N-dealkylation sites (N-methyl/N-ethyl adjacent to an activating group) is 1. The van der Waals surface area contributed by atoms with Crippen LogP contribution in [0.1, 0.15) is 26.3 Å². The predicted octanol–water partition coefficient (Wildman–Crippen LogP) is 1.73. The van der Waals surface area contributed by atoms with Crippen LogP contribution in [0.4, 0.5) is 0 Å². The standard InChI is InChI=1S/C16H24N2O3/c1-4-18(10-13-8-6-5-7-9-13)11-14(19)17-15(12(2)3)16(20)21/h5-9,12,15H,4,10-11H2,1-3H3,(H,17,19)(H,20,21). The van der Waals surface area contributed by atoms with Crippen LogP contribution < -0.4 is 5.32 Å². The van der Waals surface area contributed by atoms with Gasteiger partial charge in [-0.3, -0.25) is 9.69 Å². The van der Waals surface area contributed by atoms with Crippen LogP contribution in [0.5, 0.6) is 0 Å². The zero-order valence-corrected chi connectivity index (χ0v) is 12.9. The van der Waals surface area contributed by atoms with Gasteiger partial charge in [0.1, 0.15) is 6.04 Å². The number of benzene rings is 1. The van der Waals surface area contributed by atoms with Crippen molar-refractivity contribution in [1.82, 2.24) is 10.2 Å². The van der Waals surface area contributed by atoms with Gasteiger partial charge in [-0.25, -0.2) is 4.79 Å². The Labute approximate surface area is 126 Å². The molecular weight excluding hydrogens is 268 g/mol. The van der Waals surface area contributed by atoms with Gasteiger partial charge in [0.05, 0.1) is 6.54 Å². The lowest BCUT2D eigenvalue weighted by Gasteiger charge is -2.23. The lowest BCUT2D eigenvalue weighted by Crippen LogP contribution is -2.47. The second-order valence-corrected chi connectivity index (χ2v) is 5.42. The number of hydrogen-bond donors (Lipinski definition) is 2. The second kappa shape index (κ2) is 8.42. The second-order valence-electron chi connectivity index (χ2n) is 5.42. The molecule has 5 heteroatoms. The number of carboxylic acids is 1. The average Bonchev–Trinajstić information content (AvgIpc) is 2.44. The van der Waals surface area contributed by atoms with E-state index >= 15 is 0 Å². The molecule has 0 radical (unpaired) electrons. The predicted molar refractivity (Wildman–Crippen MR) is 81.8 cm³/mol. The highest BCUT2D eigenvalue weighted by atomic mass is 16.4. The summed E-state index contributed by atoms with van der Waals surface area (Å²) in [6, 6.07) is 9.05. The lowest BCUT2D eigenvalue weighted by atomic mass is 10.0. The topological polar surface area (TPSA) is 69.6 Å². The van der Waals surface area contributed by atoms with Gasteiger partial charge in [0, 0.05) is 6.54 Å². The van der Waals surface area contributed by atoms with Crippen molar-refractivity contribution in [3.8, 4) is 0 Å². The van der Waals surface area contributed by atoms with E-state index in [-0.39, 0.29) is 18.4 Å². The molecule has 0 aliphatic carbocycles. The van der Waals surface area contributed by atoms with Gasteiger partial charge in [0.15, 0.2) is 0 Å². The average molecular weight is 292 g/mol. The fourth-order valence-corrected chi connectivity index (χ4v) is 2.06. The van der Waals surface area contributed by atoms with Crippen LogP contribution in [0.25, 0.3) is 0 Å². The van der Waals surface area contributed by atoms with Crippen LogP contribution in [-0.2, 0) is 16.1 Å². The van der Waals surface area contributed by atoms with Crippen molar-refractivity contribution in [2.45, 2.75) is 33.4 Å². The molecule has 0 aliphatic heterocycles. The molecule has 0 saturated carbocycles. The zero-order valence-electron chi connectivity index (χ0n) is 12.9. The van der Waals surface area contributed by atoms with Gasteiger partial charge in [-0.2, -0.15) is 0 Å². The number of hydrogen-bond acceptors (Lipinski definition) is 3. The van der Waals surface area contributed by atoms with Gasteiger partial charge in [-0.05, 0) is 18.0 Å². The molecule has 1 unspecified atom stereocenters. The van der Waals surface area contributed by atoms with Gasteiger partial charge >= 0.3 is 5.97 Å². The number of aliphatic carboxylic acids is 1. The summed E-state index contributed by atoms with van der Waals surface area (Å²) in [5, 5.41) is 11.7. The van der Waals surface area contributed by atoms with Crippen molar-refractivity contribution in [2.75, 3.05) is 13.1 Å². The van der Waals surface area contributed by atoms with Gasteiger partial charge in [-0.15, -0.1) is 0 Å². The Morgan fingerprint density at radius 2 is 1.86 bits per heavy atom. The normalized spacial score (nSPS) is 12.4. The molecule has 1 aromatic rings. The van der Waals surface area contributed by atoms with Crippen molar-refractivity contribution < 1.29 is 14.7 Å². The molecule has 0 bridgehead atoms. The van der Waals surface area contributed by atoms with Crippen molar-refractivity contribution in [3.05, 3.63) is 35.9 Å². The van der Waals surface area contributed by atoms with E-state index in [0.717, 1.165) is 12.1 Å². The van der Waals surface area contributed by atoms with Crippen LogP contribution in [0.15, 0.2) is 30.3 Å². The van der Waals surface area contributed by atoms with E-state index < -0.39 is 12.0 Å². The lowest BCUT2D eigenvalue weighted by molar-refractivity contribution is -0.143. The molecule has 0 aromatic heterocycles. The van der Waals surface area contributed by atoms with Crippen LogP contribution >= 0.6 is 0 Å². The summed E-state index contributed by atoms with van der Waals surface area (Å²) >= 11 is 0. The largest absolute Gasteiger partial charge is 0.480 e. The molecule has 0 saturated heterocycles. The number of carbonyl (C=O) groups is 2. The van der Waals surface area contributed by atoms with E-state index in [2.05, 4.69) is 5.32 Å². The number of carbonyl (C=O) groups excluding carboxylic acids is 1. The van der Waals surface area contributed by atoms with Crippen molar-refractivity contribution in [2.24, 2.45) is 5.92 Å². The minimum atomic E-state index is -0.996. The Hall–Kier alpha value is -1.88. The smallest absolute Gasteiger partial charge is 0.326 e. The van der Waals surface area contributed by atoms with E-state index in [1.165, 1.54) is 0 Å². The fourth-order valence-electron chi connectivity index (χ4n) is 2.06. The molecule has 0 fully saturated rings. The Bertz CT molecular complexity index is 460. The highest BCUT2D eigenvalue weighted by molar-refractivity contribution is 5.84. The molecule has 21 heavy (non-hydrogen) atoms. The molecule has 2 N–H and O–H groups in total. The maximum absolute atomic E-state index is 12.0. The molecule has 0 aliphatic rings. The molecular formula is C16H24N2O3. The molecule has 1 atom stereocenters. The van der Waals surface area contributed by atoms with Gasteiger partial charge in [0.2, 0.25) is 5.91 Å². The monoisotopic (exact) mass is 292 g/mol. The highest BCUT2D eigenvalue weighted by Gasteiger charge is 2.23. The summed E-state index contributed by atoms with van der Waals surface area (Å²) in [4.78, 5) is 25.1. The van der Waals surface area contributed by atoms with Gasteiger partial charge in [0.25, 0.3) is 0 Å². The third-order valence-corrected chi connectivity index (χ3v) is 3.31. The number of amides is 1. The first-order valence-corrected chi connectivity index (χ1v) is 7.22. The first kappa shape index (κ1) is 17.2. The summed E-state index contributed by atoms with van der Waals surface area (Å²) in [5.41, 5.74) is 1.13. The first-order valence-electron chi connectivity index (χ1n) is 7.22. The van der Waals surface area contributed by atoms with E-state index in [1.807, 2.05) is 42.2 Å². The molecule has 0 heterocycles. The molecule has 116 valence electrons. The van der Waals surface area contributed by atoms with E-state index in [1.54, 1.807) is 13.8 Å². The third kappa shape index (κ3) is 5.95. The fraction of sp³-hybridized carbons (Fsp3) is 0.500. The maximum Gasteiger partial charge on any atom is 0.326 e. The molecule has 1 rings (SSSR count). The van der Waals surface area contributed by atoms with Crippen LogP contribution in [-0.4, -0.2) is 41.0 Å². The van der Waals surface area contributed by atoms with Crippen molar-refractivity contribution in [1.29, 1.82) is 0 Å². The summed E-state index contributed by atoms with van der Waals surface area (Å²) in [7, 11) is 0. The summed E-state index contributed by atoms with van der Waals surface area (Å²) in [6.07, 6.45) is 0. The minimum absolute atomic E-state index is 0.143. The highest BCUT2D eigenvalue weighted by Crippen LogP contribution is 2.05. The molecule has 0 spiro atoms. The summed E-state index contributed by atoms with van der Waals surface area (Å²) < 4.78 is 0. The Balaban J connectivity index is 2.56. The quantitative estimate of drug-likeness (QED) is 0.765. The molecule has 5 nitrogen and oxygen atoms in total. The number of nitrogens with zero attached hydrogens (tertiary/aromatic N) is 1. The Morgan fingerprint density at radius 3 is 2.33 bits per heavy atom. The van der Waals surface area contributed by atoms with E-state index in [9.17, 15) is 9.59 Å². The number of nitrogens with one attached hydrogen (secondary N) is 1. The first-order chi connectivity index (χ1) is 9.93.